The summed E-state index contributed by atoms with van der Waals surface area (Å²) in [6.07, 6.45) is -0.0888. The lowest BCUT2D eigenvalue weighted by molar-refractivity contribution is -0.137. The van der Waals surface area contributed by atoms with E-state index >= 15 is 0 Å². The number of amides is 2. The molecule has 22 heavy (non-hydrogen) atoms. The Bertz CT molecular complexity index is 538. The number of benzene rings is 1. The minimum absolute atomic E-state index is 0.0420. The molecule has 0 aliphatic carbocycles. The highest BCUT2D eigenvalue weighted by Gasteiger charge is 2.16. The van der Waals surface area contributed by atoms with Crippen LogP contribution in [-0.2, 0) is 4.79 Å². The third-order valence-corrected chi connectivity index (χ3v) is 3.08. The molecule has 0 saturated carbocycles. The van der Waals surface area contributed by atoms with Crippen LogP contribution in [0.25, 0.3) is 0 Å². The van der Waals surface area contributed by atoms with E-state index in [2.05, 4.69) is 5.32 Å². The molecule has 0 spiro atoms. The van der Waals surface area contributed by atoms with Gasteiger partial charge in [-0.1, -0.05) is 0 Å². The number of rotatable bonds is 7. The molecular weight excluding hydrogens is 284 g/mol. The minimum Gasteiger partial charge on any atom is -0.481 e. The molecule has 120 valence electrons. The molecule has 1 aromatic carbocycles. The smallest absolute Gasteiger partial charge is 0.305 e. The van der Waals surface area contributed by atoms with Gasteiger partial charge in [-0.15, -0.1) is 0 Å². The lowest BCUT2D eigenvalue weighted by Crippen LogP contribution is -2.33. The van der Waals surface area contributed by atoms with Crippen LogP contribution < -0.4 is 5.32 Å². The summed E-state index contributed by atoms with van der Waals surface area (Å²) in [7, 11) is 0. The Morgan fingerprint density at radius 1 is 1.14 bits per heavy atom. The molecule has 0 aromatic heterocycles. The fourth-order valence-corrected chi connectivity index (χ4v) is 1.93. The predicted molar refractivity (Wildman–Crippen MR) is 82.9 cm³/mol. The molecule has 0 atom stereocenters. The van der Waals surface area contributed by atoms with Crippen LogP contribution in [-0.4, -0.2) is 46.9 Å². The van der Waals surface area contributed by atoms with Gasteiger partial charge in [0.15, 0.2) is 0 Å². The molecule has 6 heteroatoms. The summed E-state index contributed by atoms with van der Waals surface area (Å²) in [4.78, 5) is 36.2. The van der Waals surface area contributed by atoms with E-state index in [-0.39, 0.29) is 30.8 Å². The highest BCUT2D eigenvalue weighted by Crippen LogP contribution is 2.09. The summed E-state index contributed by atoms with van der Waals surface area (Å²) in [6.45, 7) is 6.14. The lowest BCUT2D eigenvalue weighted by atomic mass is 10.1. The van der Waals surface area contributed by atoms with Crippen molar-refractivity contribution in [2.24, 2.45) is 0 Å². The first-order chi connectivity index (χ1) is 10.3. The molecule has 0 aliphatic heterocycles. The van der Waals surface area contributed by atoms with Crippen LogP contribution in [0.3, 0.4) is 0 Å². The van der Waals surface area contributed by atoms with Crippen LogP contribution in [0.1, 0.15) is 47.9 Å². The van der Waals surface area contributed by atoms with Crippen LogP contribution >= 0.6 is 0 Å². The normalized spacial score (nSPS) is 10.4. The van der Waals surface area contributed by atoms with E-state index in [0.717, 1.165) is 0 Å². The van der Waals surface area contributed by atoms with Gasteiger partial charge >= 0.3 is 5.97 Å². The van der Waals surface area contributed by atoms with Gasteiger partial charge in [0, 0.05) is 30.3 Å². The Kier molecular flexibility index (Phi) is 6.56. The zero-order valence-electron chi connectivity index (χ0n) is 13.1. The molecular formula is C16H22N2O4. The first-order valence-corrected chi connectivity index (χ1v) is 7.27. The number of nitrogens with one attached hydrogen (secondary N) is 1. The van der Waals surface area contributed by atoms with Crippen molar-refractivity contribution in [1.29, 1.82) is 0 Å². The number of nitrogens with zero attached hydrogens (tertiary/aromatic N) is 1. The van der Waals surface area contributed by atoms with E-state index in [1.807, 2.05) is 13.8 Å². The molecule has 0 aliphatic rings. The topological polar surface area (TPSA) is 86.7 Å². The molecule has 0 heterocycles. The Hall–Kier alpha value is -2.37. The maximum absolute atomic E-state index is 12.3. The average Bonchev–Trinajstić information content (AvgIpc) is 2.46. The second-order valence-electron chi connectivity index (χ2n) is 5.23. The van der Waals surface area contributed by atoms with Crippen molar-refractivity contribution in [1.82, 2.24) is 10.2 Å². The predicted octanol–water partition coefficient (Wildman–Crippen LogP) is 1.76. The second kappa shape index (κ2) is 8.17. The highest BCUT2D eigenvalue weighted by molar-refractivity contribution is 5.98. The molecule has 6 nitrogen and oxygen atoms in total. The zero-order valence-corrected chi connectivity index (χ0v) is 13.1. The zero-order chi connectivity index (χ0) is 16.7. The van der Waals surface area contributed by atoms with Crippen molar-refractivity contribution in [3.8, 4) is 0 Å². The quantitative estimate of drug-likeness (QED) is 0.803. The van der Waals surface area contributed by atoms with Crippen LogP contribution in [0.4, 0.5) is 0 Å². The molecule has 2 N–H and O–H groups in total. The third kappa shape index (κ3) is 5.20. The van der Waals surface area contributed by atoms with E-state index in [1.54, 1.807) is 31.2 Å². The Morgan fingerprint density at radius 2 is 1.68 bits per heavy atom. The maximum atomic E-state index is 12.3. The minimum atomic E-state index is -0.938. The summed E-state index contributed by atoms with van der Waals surface area (Å²) in [5.41, 5.74) is 0.923. The fraction of sp³-hybridized carbons (Fsp3) is 0.438. The number of aliphatic carboxylic acids is 1. The SMILES string of the molecule is CCN(CCC(=O)O)C(=O)c1ccc(C(=O)NC(C)C)cc1. The van der Waals surface area contributed by atoms with Crippen molar-refractivity contribution in [3.05, 3.63) is 35.4 Å². The lowest BCUT2D eigenvalue weighted by Gasteiger charge is -2.20. The number of carboxylic acids is 1. The molecule has 0 bridgehead atoms. The summed E-state index contributed by atoms with van der Waals surface area (Å²) in [6, 6.07) is 6.40. The van der Waals surface area contributed by atoms with Crippen LogP contribution in [0, 0.1) is 0 Å². The Morgan fingerprint density at radius 3 is 2.14 bits per heavy atom. The first kappa shape index (κ1) is 17.7. The number of hydrogen-bond acceptors (Lipinski definition) is 3. The largest absolute Gasteiger partial charge is 0.481 e. The molecule has 0 fully saturated rings. The van der Waals surface area contributed by atoms with Crippen LogP contribution in [0.5, 0.6) is 0 Å². The molecule has 0 radical (unpaired) electrons. The van der Waals surface area contributed by atoms with Crippen LogP contribution in [0.2, 0.25) is 0 Å². The van der Waals surface area contributed by atoms with Gasteiger partial charge in [0.25, 0.3) is 11.8 Å². The van der Waals surface area contributed by atoms with Gasteiger partial charge in [-0.2, -0.15) is 0 Å². The average molecular weight is 306 g/mol. The summed E-state index contributed by atoms with van der Waals surface area (Å²) >= 11 is 0. The standard InChI is InChI=1S/C16H22N2O4/c1-4-18(10-9-14(19)20)16(22)13-7-5-12(6-8-13)15(21)17-11(2)3/h5-8,11H,4,9-10H2,1-3H3,(H,17,21)(H,19,20). The van der Waals surface area contributed by atoms with Gasteiger partial charge in [-0.25, -0.2) is 0 Å². The van der Waals surface area contributed by atoms with Crippen LogP contribution in [0.15, 0.2) is 24.3 Å². The van der Waals surface area contributed by atoms with E-state index in [4.69, 9.17) is 5.11 Å². The van der Waals surface area contributed by atoms with Crippen molar-refractivity contribution < 1.29 is 19.5 Å². The number of carbonyl (C=O) groups excluding carboxylic acids is 2. The van der Waals surface area contributed by atoms with Crippen molar-refractivity contribution in [3.63, 3.8) is 0 Å². The second-order valence-corrected chi connectivity index (χ2v) is 5.23. The van der Waals surface area contributed by atoms with Gasteiger partial charge in [0.05, 0.1) is 6.42 Å². The Balaban J connectivity index is 2.77. The first-order valence-electron chi connectivity index (χ1n) is 7.27. The van der Waals surface area contributed by atoms with Gasteiger partial charge in [-0.05, 0) is 45.0 Å². The fourth-order valence-electron chi connectivity index (χ4n) is 1.93. The number of carboxylic acid groups (broad SMARTS) is 1. The van der Waals surface area contributed by atoms with E-state index in [1.165, 1.54) is 4.90 Å². The molecule has 0 unspecified atom stereocenters. The van der Waals surface area contributed by atoms with Gasteiger partial charge in [-0.3, -0.25) is 14.4 Å². The molecule has 0 saturated heterocycles. The van der Waals surface area contributed by atoms with Gasteiger partial charge in [0.2, 0.25) is 0 Å². The van der Waals surface area contributed by atoms with Crippen molar-refractivity contribution in [2.75, 3.05) is 13.1 Å². The highest BCUT2D eigenvalue weighted by atomic mass is 16.4. The van der Waals surface area contributed by atoms with Crippen molar-refractivity contribution >= 4 is 17.8 Å². The Labute approximate surface area is 130 Å². The number of carbonyl (C=O) groups is 3. The molecule has 1 aromatic rings. The van der Waals surface area contributed by atoms with E-state index in [0.29, 0.717) is 17.7 Å². The molecule has 2 amide bonds. The van der Waals surface area contributed by atoms with Crippen molar-refractivity contribution in [2.45, 2.75) is 33.2 Å². The summed E-state index contributed by atoms with van der Waals surface area (Å²) in [5, 5.41) is 11.5. The van der Waals surface area contributed by atoms with E-state index in [9.17, 15) is 14.4 Å². The monoisotopic (exact) mass is 306 g/mol. The maximum Gasteiger partial charge on any atom is 0.305 e. The summed E-state index contributed by atoms with van der Waals surface area (Å²) < 4.78 is 0. The summed E-state index contributed by atoms with van der Waals surface area (Å²) in [5.74, 6) is -1.36. The van der Waals surface area contributed by atoms with Gasteiger partial charge < -0.3 is 15.3 Å². The van der Waals surface area contributed by atoms with E-state index < -0.39 is 5.97 Å². The van der Waals surface area contributed by atoms with Gasteiger partial charge in [0.1, 0.15) is 0 Å². The third-order valence-electron chi connectivity index (χ3n) is 3.08. The molecule has 1 rings (SSSR count). The number of hydrogen-bond donors (Lipinski definition) is 2.